The highest BCUT2D eigenvalue weighted by Gasteiger charge is 2.41. The number of rotatable bonds is 8. The summed E-state index contributed by atoms with van der Waals surface area (Å²) < 4.78 is 41.9. The fourth-order valence-electron chi connectivity index (χ4n) is 5.74. The first-order valence-corrected chi connectivity index (χ1v) is 14.6. The number of hydrogen-bond donors (Lipinski definition) is 1. The van der Waals surface area contributed by atoms with Gasteiger partial charge >= 0.3 is 0 Å². The lowest BCUT2D eigenvalue weighted by Gasteiger charge is -2.40. The molecule has 0 aliphatic carbocycles. The zero-order valence-corrected chi connectivity index (χ0v) is 22.6. The Kier molecular flexibility index (Phi) is 7.59. The molecule has 2 aliphatic heterocycles. The lowest BCUT2D eigenvalue weighted by atomic mass is 9.74. The second kappa shape index (κ2) is 10.7. The molecule has 0 bridgehead atoms. The quantitative estimate of drug-likeness (QED) is 0.395. The monoisotopic (exact) mass is 541 g/mol. The second-order valence-electron chi connectivity index (χ2n) is 10.3. The van der Waals surface area contributed by atoms with Gasteiger partial charge in [0.2, 0.25) is 10.0 Å². The van der Waals surface area contributed by atoms with E-state index >= 15 is 0 Å². The highest BCUT2D eigenvalue weighted by Crippen LogP contribution is 2.44. The molecule has 3 aromatic rings. The molecule has 1 spiro atoms. The predicted molar refractivity (Wildman–Crippen MR) is 147 cm³/mol. The van der Waals surface area contributed by atoms with Crippen LogP contribution < -0.4 is 5.32 Å². The molecule has 2 aliphatic rings. The molecule has 0 aromatic heterocycles. The van der Waals surface area contributed by atoms with E-state index in [1.54, 1.807) is 37.4 Å². The van der Waals surface area contributed by atoms with Gasteiger partial charge in [0, 0.05) is 36.3 Å². The average Bonchev–Trinajstić information content (AvgIpc) is 3.25. The average molecular weight is 542 g/mol. The molecule has 1 N–H and O–H groups in total. The summed E-state index contributed by atoms with van der Waals surface area (Å²) in [6, 6.07) is 21.5. The van der Waals surface area contributed by atoms with E-state index in [0.29, 0.717) is 11.6 Å². The van der Waals surface area contributed by atoms with Gasteiger partial charge in [-0.25, -0.2) is 17.1 Å². The van der Waals surface area contributed by atoms with Crippen molar-refractivity contribution in [2.45, 2.75) is 35.5 Å². The van der Waals surface area contributed by atoms with Gasteiger partial charge in [-0.1, -0.05) is 41.9 Å². The van der Waals surface area contributed by atoms with Crippen molar-refractivity contribution in [3.63, 3.8) is 0 Å². The van der Waals surface area contributed by atoms with Gasteiger partial charge in [-0.2, -0.15) is 0 Å². The lowest BCUT2D eigenvalue weighted by Crippen LogP contribution is -2.44. The van der Waals surface area contributed by atoms with Crippen molar-refractivity contribution in [3.8, 4) is 0 Å². The summed E-state index contributed by atoms with van der Waals surface area (Å²) in [7, 11) is -1.98. The molecule has 0 amide bonds. The molecule has 0 radical (unpaired) electrons. The van der Waals surface area contributed by atoms with Crippen LogP contribution in [-0.4, -0.2) is 57.4 Å². The van der Waals surface area contributed by atoms with Gasteiger partial charge in [0.15, 0.2) is 0 Å². The number of benzene rings is 3. The van der Waals surface area contributed by atoms with Crippen LogP contribution in [0.4, 0.5) is 10.1 Å². The highest BCUT2D eigenvalue weighted by atomic mass is 35.5. The number of likely N-dealkylation sites (tertiary alicyclic amines) is 1. The number of nitrogens with zero attached hydrogens (tertiary/aromatic N) is 2. The maximum atomic E-state index is 14.0. The van der Waals surface area contributed by atoms with Crippen LogP contribution in [0, 0.1) is 5.82 Å². The lowest BCUT2D eigenvalue weighted by molar-refractivity contribution is 0.163. The molecular formula is C29H33ClFN3O2S. The van der Waals surface area contributed by atoms with Crippen molar-refractivity contribution >= 4 is 27.3 Å². The van der Waals surface area contributed by atoms with E-state index in [1.807, 2.05) is 24.3 Å². The Labute approximate surface area is 224 Å². The third kappa shape index (κ3) is 5.55. The summed E-state index contributed by atoms with van der Waals surface area (Å²) in [5, 5.41) is 3.98. The highest BCUT2D eigenvalue weighted by molar-refractivity contribution is 7.89. The van der Waals surface area contributed by atoms with Gasteiger partial charge in [0.1, 0.15) is 5.82 Å². The molecule has 1 unspecified atom stereocenters. The summed E-state index contributed by atoms with van der Waals surface area (Å²) in [4.78, 5) is 2.71. The van der Waals surface area contributed by atoms with E-state index in [2.05, 4.69) is 22.3 Å². The van der Waals surface area contributed by atoms with Gasteiger partial charge in [-0.3, -0.25) is 0 Å². The molecule has 8 heteroatoms. The first-order chi connectivity index (χ1) is 17.8. The molecule has 1 atom stereocenters. The maximum Gasteiger partial charge on any atom is 0.242 e. The predicted octanol–water partition coefficient (Wildman–Crippen LogP) is 5.73. The van der Waals surface area contributed by atoms with Crippen LogP contribution in [0.5, 0.6) is 0 Å². The molecule has 196 valence electrons. The third-order valence-corrected chi connectivity index (χ3v) is 10.1. The molecule has 1 saturated heterocycles. The smallest absolute Gasteiger partial charge is 0.242 e. The van der Waals surface area contributed by atoms with Crippen LogP contribution in [-0.2, 0) is 15.4 Å². The number of hydrogen-bond acceptors (Lipinski definition) is 4. The number of halogens is 2. The first kappa shape index (κ1) is 26.2. The SMILES string of the molecule is CN(CC(CCN1CCC2(CC1)CNc1ccc(F)cc12)c1ccccc1)S(=O)(=O)c1ccc(Cl)cc1. The Bertz CT molecular complexity index is 1330. The molecule has 5 rings (SSSR count). The molecular weight excluding hydrogens is 509 g/mol. The Balaban J connectivity index is 1.25. The standard InChI is InChI=1S/C29H33ClFN3O2S/c1-33(37(35,36)26-10-7-24(30)8-11-26)20-23(22-5-3-2-4-6-22)13-16-34-17-14-29(15-18-34)21-32-28-12-9-25(31)19-27(28)29/h2-12,19,23,32H,13-18,20-21H2,1H3. The number of piperidine rings is 1. The van der Waals surface area contributed by atoms with Crippen LogP contribution in [0.2, 0.25) is 5.02 Å². The summed E-state index contributed by atoms with van der Waals surface area (Å²) in [5.41, 5.74) is 3.31. The van der Waals surface area contributed by atoms with Crippen LogP contribution in [0.15, 0.2) is 77.7 Å². The van der Waals surface area contributed by atoms with Crippen molar-refractivity contribution in [1.29, 1.82) is 0 Å². The summed E-state index contributed by atoms with van der Waals surface area (Å²) in [6.45, 7) is 4.02. The number of nitrogens with one attached hydrogen (secondary N) is 1. The van der Waals surface area contributed by atoms with Crippen LogP contribution in [0.1, 0.15) is 36.3 Å². The van der Waals surface area contributed by atoms with E-state index in [4.69, 9.17) is 11.6 Å². The minimum absolute atomic E-state index is 0.000356. The molecule has 2 heterocycles. The van der Waals surface area contributed by atoms with Crippen molar-refractivity contribution in [2.75, 3.05) is 45.1 Å². The summed E-state index contributed by atoms with van der Waals surface area (Å²) >= 11 is 5.96. The van der Waals surface area contributed by atoms with Crippen molar-refractivity contribution in [3.05, 3.63) is 94.8 Å². The largest absolute Gasteiger partial charge is 0.384 e. The van der Waals surface area contributed by atoms with Crippen LogP contribution >= 0.6 is 11.6 Å². The minimum Gasteiger partial charge on any atom is -0.384 e. The number of sulfonamides is 1. The zero-order chi connectivity index (χ0) is 26.0. The Morgan fingerprint density at radius 1 is 1.05 bits per heavy atom. The molecule has 0 saturated carbocycles. The number of likely N-dealkylation sites (N-methyl/N-ethyl adjacent to an activating group) is 1. The van der Waals surface area contributed by atoms with Gasteiger partial charge in [0.05, 0.1) is 4.90 Å². The van der Waals surface area contributed by atoms with E-state index in [9.17, 15) is 12.8 Å². The fraction of sp³-hybridized carbons (Fsp3) is 0.379. The van der Waals surface area contributed by atoms with Crippen molar-refractivity contribution < 1.29 is 12.8 Å². The second-order valence-corrected chi connectivity index (χ2v) is 12.8. The van der Waals surface area contributed by atoms with Gasteiger partial charge < -0.3 is 10.2 Å². The van der Waals surface area contributed by atoms with E-state index in [1.165, 1.54) is 10.4 Å². The minimum atomic E-state index is -3.63. The third-order valence-electron chi connectivity index (χ3n) is 8.05. The van der Waals surface area contributed by atoms with E-state index in [-0.39, 0.29) is 22.0 Å². The summed E-state index contributed by atoms with van der Waals surface area (Å²) in [6.07, 6.45) is 2.82. The Hall–Kier alpha value is -2.45. The van der Waals surface area contributed by atoms with Gasteiger partial charge in [0.25, 0.3) is 0 Å². The zero-order valence-electron chi connectivity index (χ0n) is 21.0. The Morgan fingerprint density at radius 2 is 1.76 bits per heavy atom. The molecule has 3 aromatic carbocycles. The van der Waals surface area contributed by atoms with E-state index < -0.39 is 10.0 Å². The fourth-order valence-corrected chi connectivity index (χ4v) is 7.08. The van der Waals surface area contributed by atoms with Gasteiger partial charge in [-0.05, 0) is 98.4 Å². The van der Waals surface area contributed by atoms with Crippen molar-refractivity contribution in [2.24, 2.45) is 0 Å². The van der Waals surface area contributed by atoms with Crippen LogP contribution in [0.3, 0.4) is 0 Å². The van der Waals surface area contributed by atoms with E-state index in [0.717, 1.165) is 62.3 Å². The summed E-state index contributed by atoms with van der Waals surface area (Å²) in [5.74, 6) is -0.111. The normalized spacial score (nSPS) is 18.1. The topological polar surface area (TPSA) is 52.6 Å². The van der Waals surface area contributed by atoms with Crippen LogP contribution in [0.25, 0.3) is 0 Å². The first-order valence-electron chi connectivity index (χ1n) is 12.8. The number of anilines is 1. The molecule has 5 nitrogen and oxygen atoms in total. The van der Waals surface area contributed by atoms with Crippen molar-refractivity contribution in [1.82, 2.24) is 9.21 Å². The van der Waals surface area contributed by atoms with Gasteiger partial charge in [-0.15, -0.1) is 0 Å². The molecule has 1 fully saturated rings. The molecule has 37 heavy (non-hydrogen) atoms. The number of fused-ring (bicyclic) bond motifs is 2. The Morgan fingerprint density at radius 3 is 2.46 bits per heavy atom. The maximum absolute atomic E-state index is 14.0.